The molecule has 152 valence electrons. The SMILES string of the molecule is CC=C(C)C(=O)OC1CC2(C)C(OC(C)=O)C(C)(C)C3CCC(C)C1C32O. The van der Waals surface area contributed by atoms with Crippen LogP contribution >= 0.6 is 0 Å². The molecule has 5 nitrogen and oxygen atoms in total. The normalized spacial score (nSPS) is 45.3. The number of allylic oxidation sites excluding steroid dienone is 1. The average Bonchev–Trinajstić information content (AvgIpc) is 2.86. The molecule has 0 spiro atoms. The molecule has 0 heterocycles. The maximum Gasteiger partial charge on any atom is 0.333 e. The lowest BCUT2D eigenvalue weighted by Gasteiger charge is -2.49. The van der Waals surface area contributed by atoms with E-state index in [1.807, 2.05) is 13.8 Å². The van der Waals surface area contributed by atoms with Gasteiger partial charge in [-0.05, 0) is 44.9 Å². The fourth-order valence-electron chi connectivity index (χ4n) is 6.80. The van der Waals surface area contributed by atoms with Crippen LogP contribution in [0.3, 0.4) is 0 Å². The highest BCUT2D eigenvalue weighted by Gasteiger charge is 2.79. The summed E-state index contributed by atoms with van der Waals surface area (Å²) < 4.78 is 11.7. The monoisotopic (exact) mass is 378 g/mol. The van der Waals surface area contributed by atoms with Gasteiger partial charge in [-0.1, -0.05) is 33.8 Å². The first kappa shape index (κ1) is 20.4. The van der Waals surface area contributed by atoms with Crippen molar-refractivity contribution in [1.82, 2.24) is 0 Å². The molecule has 3 aliphatic rings. The Labute approximate surface area is 162 Å². The lowest BCUT2D eigenvalue weighted by Crippen LogP contribution is -2.55. The van der Waals surface area contributed by atoms with Crippen molar-refractivity contribution in [1.29, 1.82) is 0 Å². The number of hydrogen-bond donors (Lipinski definition) is 1. The highest BCUT2D eigenvalue weighted by Crippen LogP contribution is 2.73. The standard InChI is InChI=1S/C22H34O5/c1-8-12(2)18(24)27-15-11-21(7)19(26-14(4)23)20(5,6)16-10-9-13(3)17(15)22(16,21)25/h8,13,15-17,19,25H,9-11H2,1-7H3. The van der Waals surface area contributed by atoms with Crippen molar-refractivity contribution in [2.75, 3.05) is 0 Å². The van der Waals surface area contributed by atoms with E-state index in [1.165, 1.54) is 6.92 Å². The molecule has 7 unspecified atom stereocenters. The molecule has 3 fully saturated rings. The predicted octanol–water partition coefficient (Wildman–Crippen LogP) is 3.64. The van der Waals surface area contributed by atoms with Crippen molar-refractivity contribution in [2.45, 2.75) is 85.5 Å². The molecule has 0 aliphatic heterocycles. The van der Waals surface area contributed by atoms with Crippen LogP contribution in [0.15, 0.2) is 11.6 Å². The molecule has 7 atom stereocenters. The molecule has 3 aliphatic carbocycles. The van der Waals surface area contributed by atoms with E-state index in [9.17, 15) is 14.7 Å². The highest BCUT2D eigenvalue weighted by atomic mass is 16.6. The van der Waals surface area contributed by atoms with Gasteiger partial charge >= 0.3 is 11.9 Å². The van der Waals surface area contributed by atoms with Crippen LogP contribution < -0.4 is 0 Å². The van der Waals surface area contributed by atoms with E-state index in [2.05, 4.69) is 20.8 Å². The zero-order valence-corrected chi connectivity index (χ0v) is 17.7. The first-order valence-corrected chi connectivity index (χ1v) is 10.1. The van der Waals surface area contributed by atoms with Gasteiger partial charge in [0.05, 0.1) is 5.60 Å². The number of carbonyl (C=O) groups excluding carboxylic acids is 2. The van der Waals surface area contributed by atoms with Gasteiger partial charge in [-0.3, -0.25) is 4.79 Å². The number of ether oxygens (including phenoxy) is 2. The number of esters is 2. The maximum absolute atomic E-state index is 12.5. The third-order valence-electron chi connectivity index (χ3n) is 7.95. The number of aliphatic hydroxyl groups is 1. The minimum Gasteiger partial charge on any atom is -0.461 e. The Balaban J connectivity index is 2.05. The summed E-state index contributed by atoms with van der Waals surface area (Å²) in [6.07, 6.45) is 3.35. The van der Waals surface area contributed by atoms with Gasteiger partial charge in [0.1, 0.15) is 12.2 Å². The van der Waals surface area contributed by atoms with Crippen LogP contribution in [0.2, 0.25) is 0 Å². The Kier molecular flexibility index (Phi) is 4.78. The molecule has 3 rings (SSSR count). The van der Waals surface area contributed by atoms with E-state index >= 15 is 0 Å². The Morgan fingerprint density at radius 1 is 1.11 bits per heavy atom. The molecule has 0 amide bonds. The van der Waals surface area contributed by atoms with Crippen molar-refractivity contribution in [3.05, 3.63) is 11.6 Å². The van der Waals surface area contributed by atoms with Crippen LogP contribution in [0.4, 0.5) is 0 Å². The van der Waals surface area contributed by atoms with E-state index in [-0.39, 0.29) is 41.2 Å². The predicted molar refractivity (Wildman–Crippen MR) is 102 cm³/mol. The number of carbonyl (C=O) groups is 2. The second-order valence-electron chi connectivity index (χ2n) is 9.81. The smallest absolute Gasteiger partial charge is 0.333 e. The molecule has 0 saturated heterocycles. The van der Waals surface area contributed by atoms with Gasteiger partial charge in [0.25, 0.3) is 0 Å². The molecule has 0 aromatic heterocycles. The summed E-state index contributed by atoms with van der Waals surface area (Å²) in [5, 5.41) is 12.1. The van der Waals surface area contributed by atoms with E-state index in [0.717, 1.165) is 12.8 Å². The molecule has 0 aromatic rings. The topological polar surface area (TPSA) is 72.8 Å². The van der Waals surface area contributed by atoms with Crippen molar-refractivity contribution >= 4 is 11.9 Å². The summed E-state index contributed by atoms with van der Waals surface area (Å²) in [6.45, 7) is 13.3. The van der Waals surface area contributed by atoms with Crippen molar-refractivity contribution in [3.63, 3.8) is 0 Å². The van der Waals surface area contributed by atoms with Crippen LogP contribution in [-0.4, -0.2) is 34.9 Å². The zero-order chi connectivity index (χ0) is 20.4. The van der Waals surface area contributed by atoms with Gasteiger partial charge in [-0.2, -0.15) is 0 Å². The van der Waals surface area contributed by atoms with Gasteiger partial charge in [0.2, 0.25) is 0 Å². The van der Waals surface area contributed by atoms with Crippen LogP contribution in [0.25, 0.3) is 0 Å². The molecule has 3 saturated carbocycles. The van der Waals surface area contributed by atoms with Gasteiger partial charge in [0.15, 0.2) is 0 Å². The largest absolute Gasteiger partial charge is 0.461 e. The van der Waals surface area contributed by atoms with Crippen LogP contribution in [0, 0.1) is 28.6 Å². The molecule has 0 radical (unpaired) electrons. The fraction of sp³-hybridized carbons (Fsp3) is 0.818. The summed E-state index contributed by atoms with van der Waals surface area (Å²) in [5.74, 6) is -0.552. The van der Waals surface area contributed by atoms with Crippen molar-refractivity contribution in [3.8, 4) is 0 Å². The van der Waals surface area contributed by atoms with Crippen LogP contribution in [-0.2, 0) is 19.1 Å². The second kappa shape index (κ2) is 6.33. The quantitative estimate of drug-likeness (QED) is 0.600. The Bertz CT molecular complexity index is 680. The summed E-state index contributed by atoms with van der Waals surface area (Å²) in [5.41, 5.74) is -1.41. The Morgan fingerprint density at radius 2 is 1.74 bits per heavy atom. The van der Waals surface area contributed by atoms with Gasteiger partial charge in [-0.15, -0.1) is 0 Å². The molecular weight excluding hydrogens is 344 g/mol. The molecule has 0 aromatic carbocycles. The van der Waals surface area contributed by atoms with E-state index in [4.69, 9.17) is 9.47 Å². The molecular formula is C22H34O5. The molecule has 0 bridgehead atoms. The summed E-state index contributed by atoms with van der Waals surface area (Å²) in [6, 6.07) is 0. The third-order valence-corrected chi connectivity index (χ3v) is 7.95. The maximum atomic E-state index is 12.5. The van der Waals surface area contributed by atoms with Gasteiger partial charge in [0, 0.05) is 29.2 Å². The molecule has 1 N–H and O–H groups in total. The van der Waals surface area contributed by atoms with Crippen LogP contribution in [0.5, 0.6) is 0 Å². The van der Waals surface area contributed by atoms with Crippen LogP contribution in [0.1, 0.15) is 67.7 Å². The fourth-order valence-corrected chi connectivity index (χ4v) is 6.80. The number of rotatable bonds is 3. The first-order valence-electron chi connectivity index (χ1n) is 10.1. The minimum atomic E-state index is -1.01. The molecule has 27 heavy (non-hydrogen) atoms. The Hall–Kier alpha value is -1.36. The van der Waals surface area contributed by atoms with Gasteiger partial charge < -0.3 is 14.6 Å². The number of hydrogen-bond acceptors (Lipinski definition) is 5. The van der Waals surface area contributed by atoms with E-state index < -0.39 is 17.1 Å². The minimum absolute atomic E-state index is 0.00654. The molecule has 5 heteroatoms. The Morgan fingerprint density at radius 3 is 2.30 bits per heavy atom. The summed E-state index contributed by atoms with van der Waals surface area (Å²) in [4.78, 5) is 24.3. The third kappa shape index (κ3) is 2.60. The summed E-state index contributed by atoms with van der Waals surface area (Å²) >= 11 is 0. The van der Waals surface area contributed by atoms with E-state index in [1.54, 1.807) is 13.0 Å². The van der Waals surface area contributed by atoms with E-state index in [0.29, 0.717) is 12.0 Å². The summed E-state index contributed by atoms with van der Waals surface area (Å²) in [7, 11) is 0. The zero-order valence-electron chi connectivity index (χ0n) is 17.7. The van der Waals surface area contributed by atoms with Crippen molar-refractivity contribution in [2.24, 2.45) is 28.6 Å². The van der Waals surface area contributed by atoms with Crippen molar-refractivity contribution < 1.29 is 24.2 Å². The average molecular weight is 379 g/mol. The lowest BCUT2D eigenvalue weighted by atomic mass is 9.60. The second-order valence-corrected chi connectivity index (χ2v) is 9.81. The van der Waals surface area contributed by atoms with Gasteiger partial charge in [-0.25, -0.2) is 4.79 Å². The lowest BCUT2D eigenvalue weighted by molar-refractivity contribution is -0.169. The highest BCUT2D eigenvalue weighted by molar-refractivity contribution is 5.87. The first-order chi connectivity index (χ1) is 12.4.